The van der Waals surface area contributed by atoms with E-state index in [1.54, 1.807) is 31.4 Å². The van der Waals surface area contributed by atoms with Gasteiger partial charge in [0.1, 0.15) is 5.75 Å². The average Bonchev–Trinajstić information content (AvgIpc) is 2.66. The highest BCUT2D eigenvalue weighted by Gasteiger charge is 2.23. The Hall–Kier alpha value is -2.60. The van der Waals surface area contributed by atoms with Gasteiger partial charge in [-0.05, 0) is 29.8 Å². The van der Waals surface area contributed by atoms with Crippen LogP contribution in [-0.2, 0) is 4.79 Å². The summed E-state index contributed by atoms with van der Waals surface area (Å²) in [6, 6.07) is 16.5. The van der Waals surface area contributed by atoms with E-state index in [0.29, 0.717) is 22.9 Å². The van der Waals surface area contributed by atoms with Crippen LogP contribution in [-0.4, -0.2) is 29.7 Å². The van der Waals surface area contributed by atoms with E-state index in [2.05, 4.69) is 10.3 Å². The Morgan fingerprint density at radius 2 is 1.92 bits per heavy atom. The molecule has 1 N–H and O–H groups in total. The molecule has 3 rings (SSSR count). The first-order valence-corrected chi connectivity index (χ1v) is 8.87. The van der Waals surface area contributed by atoms with E-state index in [1.807, 2.05) is 30.3 Å². The average molecular weight is 354 g/mol. The molecular formula is C19H18N2O3S. The van der Waals surface area contributed by atoms with Crippen molar-refractivity contribution in [2.45, 2.75) is 12.5 Å². The molecular weight excluding hydrogens is 336 g/mol. The summed E-state index contributed by atoms with van der Waals surface area (Å²) in [4.78, 5) is 28.8. The van der Waals surface area contributed by atoms with Gasteiger partial charge >= 0.3 is 0 Å². The standard InChI is InChI=1S/C19H18N2O3S/c1-24-15-9-7-14(8-10-15)17(22)12-25-19-20-16(11-18(23)21-19)13-5-3-2-4-6-13/h2-10,16H,11-12H2,1H3,(H,20,21,23). The third-order valence-electron chi connectivity index (χ3n) is 3.83. The van der Waals surface area contributed by atoms with Crippen LogP contribution in [0.1, 0.15) is 28.4 Å². The van der Waals surface area contributed by atoms with Gasteiger partial charge in [0, 0.05) is 5.56 Å². The Labute approximate surface area is 150 Å². The molecule has 0 radical (unpaired) electrons. The van der Waals surface area contributed by atoms with Crippen molar-refractivity contribution >= 4 is 28.6 Å². The molecule has 1 aliphatic rings. The largest absolute Gasteiger partial charge is 0.497 e. The number of methoxy groups -OCH3 is 1. The SMILES string of the molecule is COc1ccc(C(=O)CSC2=NC(c3ccccc3)CC(=O)N2)cc1. The van der Waals surface area contributed by atoms with Crippen LogP contribution in [0.3, 0.4) is 0 Å². The number of nitrogens with one attached hydrogen (secondary N) is 1. The minimum Gasteiger partial charge on any atom is -0.497 e. The maximum atomic E-state index is 12.3. The first-order chi connectivity index (χ1) is 12.2. The maximum absolute atomic E-state index is 12.3. The first-order valence-electron chi connectivity index (χ1n) is 7.88. The molecule has 0 aromatic heterocycles. The van der Waals surface area contributed by atoms with Crippen molar-refractivity contribution in [2.75, 3.05) is 12.9 Å². The molecule has 128 valence electrons. The van der Waals surface area contributed by atoms with Crippen LogP contribution in [0.15, 0.2) is 59.6 Å². The minimum absolute atomic E-state index is 0.0218. The number of nitrogens with zero attached hydrogens (tertiary/aromatic N) is 1. The van der Waals surface area contributed by atoms with Gasteiger partial charge in [-0.2, -0.15) is 0 Å². The van der Waals surface area contributed by atoms with E-state index < -0.39 is 0 Å². The number of carbonyl (C=O) groups excluding carboxylic acids is 2. The van der Waals surface area contributed by atoms with Crippen molar-refractivity contribution in [3.63, 3.8) is 0 Å². The summed E-state index contributed by atoms with van der Waals surface area (Å²) in [5.41, 5.74) is 1.60. The van der Waals surface area contributed by atoms with E-state index in [9.17, 15) is 9.59 Å². The van der Waals surface area contributed by atoms with Gasteiger partial charge in [-0.25, -0.2) is 0 Å². The van der Waals surface area contributed by atoms with Crippen molar-refractivity contribution in [1.82, 2.24) is 5.32 Å². The van der Waals surface area contributed by atoms with Crippen molar-refractivity contribution in [3.8, 4) is 5.75 Å². The number of ketones is 1. The number of hydrogen-bond acceptors (Lipinski definition) is 5. The Bertz CT molecular complexity index is 788. The summed E-state index contributed by atoms with van der Waals surface area (Å²) >= 11 is 1.25. The maximum Gasteiger partial charge on any atom is 0.228 e. The zero-order chi connectivity index (χ0) is 17.6. The lowest BCUT2D eigenvalue weighted by Gasteiger charge is -2.20. The van der Waals surface area contributed by atoms with E-state index >= 15 is 0 Å². The number of thioether (sulfide) groups is 1. The van der Waals surface area contributed by atoms with Gasteiger partial charge in [-0.1, -0.05) is 42.1 Å². The zero-order valence-electron chi connectivity index (χ0n) is 13.8. The second kappa shape index (κ2) is 7.98. The number of amides is 1. The van der Waals surface area contributed by atoms with E-state index in [-0.39, 0.29) is 23.5 Å². The molecule has 1 heterocycles. The molecule has 0 fully saturated rings. The molecule has 2 aromatic carbocycles. The highest BCUT2D eigenvalue weighted by atomic mass is 32.2. The first kappa shape index (κ1) is 17.2. The second-order valence-corrected chi connectivity index (χ2v) is 6.52. The van der Waals surface area contributed by atoms with Gasteiger partial charge in [-0.15, -0.1) is 0 Å². The normalized spacial score (nSPS) is 16.8. The highest BCUT2D eigenvalue weighted by molar-refractivity contribution is 8.14. The Morgan fingerprint density at radius 1 is 1.20 bits per heavy atom. The van der Waals surface area contributed by atoms with E-state index in [4.69, 9.17) is 4.74 Å². The number of rotatable bonds is 5. The lowest BCUT2D eigenvalue weighted by atomic mass is 10.0. The Morgan fingerprint density at radius 3 is 2.60 bits per heavy atom. The summed E-state index contributed by atoms with van der Waals surface area (Å²) < 4.78 is 5.09. The molecule has 1 aliphatic heterocycles. The monoisotopic (exact) mass is 354 g/mol. The predicted octanol–water partition coefficient (Wildman–Crippen LogP) is 3.23. The minimum atomic E-state index is -0.200. The lowest BCUT2D eigenvalue weighted by molar-refractivity contribution is -0.120. The van der Waals surface area contributed by atoms with Crippen molar-refractivity contribution in [3.05, 3.63) is 65.7 Å². The summed E-state index contributed by atoms with van der Waals surface area (Å²) in [5.74, 6) is 0.820. The Kier molecular flexibility index (Phi) is 5.50. The predicted molar refractivity (Wildman–Crippen MR) is 99.2 cm³/mol. The Balaban J connectivity index is 1.65. The third kappa shape index (κ3) is 4.48. The quantitative estimate of drug-likeness (QED) is 0.837. The van der Waals surface area contributed by atoms with E-state index in [0.717, 1.165) is 5.56 Å². The molecule has 1 atom stereocenters. The van der Waals surface area contributed by atoms with Crippen molar-refractivity contribution < 1.29 is 14.3 Å². The third-order valence-corrected chi connectivity index (χ3v) is 4.72. The number of aliphatic imine (C=N–C) groups is 1. The smallest absolute Gasteiger partial charge is 0.228 e. The molecule has 5 nitrogen and oxygen atoms in total. The van der Waals surface area contributed by atoms with Crippen molar-refractivity contribution in [1.29, 1.82) is 0 Å². The summed E-state index contributed by atoms with van der Waals surface area (Å²) in [6.07, 6.45) is 0.320. The second-order valence-electron chi connectivity index (χ2n) is 5.55. The molecule has 1 amide bonds. The molecule has 0 spiro atoms. The summed E-state index contributed by atoms with van der Waals surface area (Å²) in [7, 11) is 1.58. The fraction of sp³-hybridized carbons (Fsp3) is 0.211. The zero-order valence-corrected chi connectivity index (χ0v) is 14.6. The number of carbonyl (C=O) groups is 2. The van der Waals surface area contributed by atoms with Gasteiger partial charge in [0.2, 0.25) is 5.91 Å². The van der Waals surface area contributed by atoms with Gasteiger partial charge in [0.05, 0.1) is 25.3 Å². The molecule has 0 aliphatic carbocycles. The number of amidine groups is 1. The van der Waals surface area contributed by atoms with Crippen LogP contribution in [0.25, 0.3) is 0 Å². The number of Topliss-reactive ketones (excluding diaryl/α,β-unsaturated/α-hetero) is 1. The number of benzene rings is 2. The number of hydrogen-bond donors (Lipinski definition) is 1. The molecule has 1 unspecified atom stereocenters. The molecule has 0 bridgehead atoms. The van der Waals surface area contributed by atoms with Crippen LogP contribution in [0.5, 0.6) is 5.75 Å². The van der Waals surface area contributed by atoms with Crippen LogP contribution in [0.4, 0.5) is 0 Å². The molecule has 0 saturated carbocycles. The van der Waals surface area contributed by atoms with Crippen molar-refractivity contribution in [2.24, 2.45) is 4.99 Å². The van der Waals surface area contributed by atoms with E-state index in [1.165, 1.54) is 11.8 Å². The summed E-state index contributed by atoms with van der Waals surface area (Å²) in [6.45, 7) is 0. The molecule has 25 heavy (non-hydrogen) atoms. The summed E-state index contributed by atoms with van der Waals surface area (Å²) in [5, 5.41) is 3.24. The molecule has 0 saturated heterocycles. The van der Waals surface area contributed by atoms with Crippen LogP contribution in [0, 0.1) is 0 Å². The lowest BCUT2D eigenvalue weighted by Crippen LogP contribution is -2.34. The molecule has 2 aromatic rings. The van der Waals surface area contributed by atoms with Gasteiger partial charge in [0.15, 0.2) is 11.0 Å². The van der Waals surface area contributed by atoms with Gasteiger partial charge in [0.25, 0.3) is 0 Å². The van der Waals surface area contributed by atoms with Crippen LogP contribution >= 0.6 is 11.8 Å². The topological polar surface area (TPSA) is 67.8 Å². The number of ether oxygens (including phenoxy) is 1. The fourth-order valence-corrected chi connectivity index (χ4v) is 3.32. The molecule has 6 heteroatoms. The van der Waals surface area contributed by atoms with Crippen LogP contribution in [0.2, 0.25) is 0 Å². The van der Waals surface area contributed by atoms with Gasteiger partial charge < -0.3 is 10.1 Å². The van der Waals surface area contributed by atoms with Gasteiger partial charge in [-0.3, -0.25) is 14.6 Å². The highest BCUT2D eigenvalue weighted by Crippen LogP contribution is 2.25. The fourth-order valence-electron chi connectivity index (χ4n) is 2.50. The van der Waals surface area contributed by atoms with Crippen LogP contribution < -0.4 is 10.1 Å².